The molecule has 2 aliphatic heterocycles. The zero-order valence-corrected chi connectivity index (χ0v) is 15.2. The number of hydrogen-bond donors (Lipinski definition) is 0. The molecule has 1 aromatic heterocycles. The summed E-state index contributed by atoms with van der Waals surface area (Å²) >= 11 is 0. The van der Waals surface area contributed by atoms with Crippen LogP contribution in [0.2, 0.25) is 0 Å². The molecule has 3 rings (SSSR count). The van der Waals surface area contributed by atoms with Crippen LogP contribution in [0.25, 0.3) is 0 Å². The predicted molar refractivity (Wildman–Crippen MR) is 95.6 cm³/mol. The minimum Gasteiger partial charge on any atom is -0.341 e. The Morgan fingerprint density at radius 2 is 1.75 bits per heavy atom. The first-order valence-corrected chi connectivity index (χ1v) is 9.24. The lowest BCUT2D eigenvalue weighted by Crippen LogP contribution is -2.48. The van der Waals surface area contributed by atoms with E-state index in [4.69, 9.17) is 4.98 Å². The third kappa shape index (κ3) is 3.69. The summed E-state index contributed by atoms with van der Waals surface area (Å²) in [5, 5.41) is 0. The van der Waals surface area contributed by atoms with Gasteiger partial charge in [-0.1, -0.05) is 20.8 Å². The SMILES string of the molecule is CCN1CCN(C(=O)c2cc(C(C)C)nc(N3CCCC3)n2)CC1. The molecule has 0 atom stereocenters. The fourth-order valence-corrected chi connectivity index (χ4v) is 3.35. The van der Waals surface area contributed by atoms with Crippen molar-refractivity contribution < 1.29 is 4.79 Å². The molecule has 1 amide bonds. The molecule has 6 nitrogen and oxygen atoms in total. The molecule has 3 heterocycles. The second-order valence-corrected chi connectivity index (χ2v) is 7.05. The fraction of sp³-hybridized carbons (Fsp3) is 0.722. The van der Waals surface area contributed by atoms with Crippen molar-refractivity contribution in [3.8, 4) is 0 Å². The van der Waals surface area contributed by atoms with E-state index >= 15 is 0 Å². The Hall–Kier alpha value is -1.69. The molecule has 2 saturated heterocycles. The van der Waals surface area contributed by atoms with Crippen molar-refractivity contribution in [3.63, 3.8) is 0 Å². The van der Waals surface area contributed by atoms with E-state index in [1.54, 1.807) is 0 Å². The number of amides is 1. The monoisotopic (exact) mass is 331 g/mol. The number of carbonyl (C=O) groups is 1. The average molecular weight is 331 g/mol. The first kappa shape index (κ1) is 17.1. The number of rotatable bonds is 4. The van der Waals surface area contributed by atoms with E-state index in [2.05, 4.69) is 35.6 Å². The molecular weight excluding hydrogens is 302 g/mol. The van der Waals surface area contributed by atoms with Crippen LogP contribution in [0.1, 0.15) is 55.7 Å². The van der Waals surface area contributed by atoms with E-state index in [9.17, 15) is 4.79 Å². The molecule has 0 bridgehead atoms. The van der Waals surface area contributed by atoms with Gasteiger partial charge in [-0.3, -0.25) is 4.79 Å². The maximum absolute atomic E-state index is 12.9. The molecule has 0 aliphatic carbocycles. The number of piperazine rings is 1. The predicted octanol–water partition coefficient (Wildman–Crippen LogP) is 1.98. The largest absolute Gasteiger partial charge is 0.341 e. The first-order valence-electron chi connectivity index (χ1n) is 9.24. The molecule has 132 valence electrons. The summed E-state index contributed by atoms with van der Waals surface area (Å²) in [5.74, 6) is 1.07. The normalized spacial score (nSPS) is 19.3. The molecule has 2 aliphatic rings. The highest BCUT2D eigenvalue weighted by Crippen LogP contribution is 2.21. The smallest absolute Gasteiger partial charge is 0.272 e. The highest BCUT2D eigenvalue weighted by molar-refractivity contribution is 5.92. The summed E-state index contributed by atoms with van der Waals surface area (Å²) < 4.78 is 0. The number of carbonyl (C=O) groups excluding carboxylic acids is 1. The zero-order valence-electron chi connectivity index (χ0n) is 15.2. The summed E-state index contributed by atoms with van der Waals surface area (Å²) in [6.45, 7) is 12.9. The molecule has 0 N–H and O–H groups in total. The Morgan fingerprint density at radius 1 is 1.08 bits per heavy atom. The first-order chi connectivity index (χ1) is 11.6. The second-order valence-electron chi connectivity index (χ2n) is 7.05. The van der Waals surface area contributed by atoms with E-state index in [0.717, 1.165) is 57.5 Å². The van der Waals surface area contributed by atoms with Gasteiger partial charge in [-0.15, -0.1) is 0 Å². The van der Waals surface area contributed by atoms with Crippen LogP contribution in [0, 0.1) is 0 Å². The zero-order chi connectivity index (χ0) is 17.1. The van der Waals surface area contributed by atoms with Gasteiger partial charge in [0.1, 0.15) is 5.69 Å². The topological polar surface area (TPSA) is 52.6 Å². The summed E-state index contributed by atoms with van der Waals surface area (Å²) in [7, 11) is 0. The summed E-state index contributed by atoms with van der Waals surface area (Å²) in [5.41, 5.74) is 1.52. The van der Waals surface area contributed by atoms with Gasteiger partial charge in [0, 0.05) is 45.0 Å². The van der Waals surface area contributed by atoms with Crippen LogP contribution < -0.4 is 4.90 Å². The third-order valence-electron chi connectivity index (χ3n) is 5.04. The molecule has 0 spiro atoms. The van der Waals surface area contributed by atoms with Crippen molar-refractivity contribution in [2.45, 2.75) is 39.5 Å². The summed E-state index contributed by atoms with van der Waals surface area (Å²) in [6.07, 6.45) is 2.36. The Kier molecular flexibility index (Phi) is 5.33. The van der Waals surface area contributed by atoms with Crippen molar-refractivity contribution in [1.82, 2.24) is 19.8 Å². The van der Waals surface area contributed by atoms with Gasteiger partial charge in [0.2, 0.25) is 5.95 Å². The van der Waals surface area contributed by atoms with Gasteiger partial charge in [0.05, 0.1) is 0 Å². The molecule has 0 aromatic carbocycles. The summed E-state index contributed by atoms with van der Waals surface area (Å²) in [6, 6.07) is 1.89. The van der Waals surface area contributed by atoms with E-state index in [1.807, 2.05) is 11.0 Å². The Bertz CT molecular complexity index is 575. The van der Waals surface area contributed by atoms with Crippen molar-refractivity contribution in [1.29, 1.82) is 0 Å². The molecule has 1 aromatic rings. The lowest BCUT2D eigenvalue weighted by Gasteiger charge is -2.34. The van der Waals surface area contributed by atoms with Crippen LogP contribution >= 0.6 is 0 Å². The Labute approximate surface area is 144 Å². The number of aromatic nitrogens is 2. The van der Waals surface area contributed by atoms with Gasteiger partial charge >= 0.3 is 0 Å². The van der Waals surface area contributed by atoms with Gasteiger partial charge in [0.25, 0.3) is 5.91 Å². The number of hydrogen-bond acceptors (Lipinski definition) is 5. The maximum Gasteiger partial charge on any atom is 0.272 e. The van der Waals surface area contributed by atoms with E-state index in [1.165, 1.54) is 12.8 Å². The highest BCUT2D eigenvalue weighted by atomic mass is 16.2. The van der Waals surface area contributed by atoms with Gasteiger partial charge in [0.15, 0.2) is 0 Å². The molecule has 24 heavy (non-hydrogen) atoms. The Balaban J connectivity index is 1.82. The van der Waals surface area contributed by atoms with Crippen molar-refractivity contribution in [3.05, 3.63) is 17.5 Å². The molecule has 0 unspecified atom stereocenters. The lowest BCUT2D eigenvalue weighted by molar-refractivity contribution is 0.0637. The quantitative estimate of drug-likeness (QED) is 0.844. The van der Waals surface area contributed by atoms with E-state index < -0.39 is 0 Å². The van der Waals surface area contributed by atoms with Crippen LogP contribution in [-0.4, -0.2) is 71.5 Å². The lowest BCUT2D eigenvalue weighted by atomic mass is 10.1. The van der Waals surface area contributed by atoms with Crippen molar-refractivity contribution in [2.75, 3.05) is 50.7 Å². The number of likely N-dealkylation sites (N-methyl/N-ethyl adjacent to an activating group) is 1. The molecule has 0 saturated carbocycles. The molecule has 0 radical (unpaired) electrons. The summed E-state index contributed by atoms with van der Waals surface area (Å²) in [4.78, 5) is 28.8. The van der Waals surface area contributed by atoms with Gasteiger partial charge < -0.3 is 14.7 Å². The van der Waals surface area contributed by atoms with Crippen LogP contribution in [0.5, 0.6) is 0 Å². The van der Waals surface area contributed by atoms with Crippen molar-refractivity contribution in [2.24, 2.45) is 0 Å². The highest BCUT2D eigenvalue weighted by Gasteiger charge is 2.25. The van der Waals surface area contributed by atoms with Crippen LogP contribution in [0.3, 0.4) is 0 Å². The van der Waals surface area contributed by atoms with Crippen LogP contribution in [-0.2, 0) is 0 Å². The van der Waals surface area contributed by atoms with Crippen LogP contribution in [0.15, 0.2) is 6.07 Å². The minimum atomic E-state index is 0.0514. The third-order valence-corrected chi connectivity index (χ3v) is 5.04. The second kappa shape index (κ2) is 7.47. The Morgan fingerprint density at radius 3 is 2.33 bits per heavy atom. The molecule has 2 fully saturated rings. The molecule has 6 heteroatoms. The van der Waals surface area contributed by atoms with Crippen LogP contribution in [0.4, 0.5) is 5.95 Å². The van der Waals surface area contributed by atoms with Gasteiger partial charge in [-0.25, -0.2) is 9.97 Å². The fourth-order valence-electron chi connectivity index (χ4n) is 3.35. The molecular formula is C18H29N5O. The minimum absolute atomic E-state index is 0.0514. The number of anilines is 1. The average Bonchev–Trinajstić information content (AvgIpc) is 3.15. The van der Waals surface area contributed by atoms with Gasteiger partial charge in [-0.2, -0.15) is 0 Å². The van der Waals surface area contributed by atoms with E-state index in [-0.39, 0.29) is 11.8 Å². The number of nitrogens with zero attached hydrogens (tertiary/aromatic N) is 5. The van der Waals surface area contributed by atoms with E-state index in [0.29, 0.717) is 5.69 Å². The van der Waals surface area contributed by atoms with Crippen molar-refractivity contribution >= 4 is 11.9 Å². The maximum atomic E-state index is 12.9. The standard InChI is InChI=1S/C18H29N5O/c1-4-21-9-11-22(12-10-21)17(24)16-13-15(14(2)3)19-18(20-16)23-7-5-6-8-23/h13-14H,4-12H2,1-3H3. The van der Waals surface area contributed by atoms with Gasteiger partial charge in [-0.05, 0) is 31.4 Å².